The molecule has 1 saturated heterocycles. The quantitative estimate of drug-likeness (QED) is 0.475. The summed E-state index contributed by atoms with van der Waals surface area (Å²) in [4.78, 5) is 4.25. The van der Waals surface area contributed by atoms with Gasteiger partial charge < -0.3 is 25.4 Å². The van der Waals surface area contributed by atoms with Crippen molar-refractivity contribution < 1.29 is 20.1 Å². The second-order valence-electron chi connectivity index (χ2n) is 3.78. The zero-order valence-electron chi connectivity index (χ0n) is 8.91. The van der Waals surface area contributed by atoms with Crippen molar-refractivity contribution in [2.24, 2.45) is 4.99 Å². The van der Waals surface area contributed by atoms with Gasteiger partial charge in [-0.2, -0.15) is 0 Å². The Balaban J connectivity index is 2.08. The molecule has 0 amide bonds. The summed E-state index contributed by atoms with van der Waals surface area (Å²) in [5.41, 5.74) is -0.329. The molecule has 16 heavy (non-hydrogen) atoms. The fourth-order valence-corrected chi connectivity index (χ4v) is 3.01. The van der Waals surface area contributed by atoms with Crippen LogP contribution in [0.5, 0.6) is 0 Å². The summed E-state index contributed by atoms with van der Waals surface area (Å²) >= 11 is 1.38. The second-order valence-corrected chi connectivity index (χ2v) is 4.87. The number of fused-ring (bicyclic) bond motifs is 1. The number of ether oxygens (including phenoxy) is 1. The van der Waals surface area contributed by atoms with Gasteiger partial charge in [0.2, 0.25) is 0 Å². The molecule has 2 heterocycles. The normalized spacial score (nSPS) is 42.8. The van der Waals surface area contributed by atoms with Gasteiger partial charge in [-0.3, -0.25) is 4.99 Å². The third-order valence-corrected chi connectivity index (χ3v) is 3.77. The van der Waals surface area contributed by atoms with E-state index in [2.05, 4.69) is 10.3 Å². The maximum absolute atomic E-state index is 9.85. The molecule has 1 fully saturated rings. The predicted molar refractivity (Wildman–Crippen MR) is 60.3 cm³/mol. The third-order valence-electron chi connectivity index (χ3n) is 2.67. The summed E-state index contributed by atoms with van der Waals surface area (Å²) in [5, 5.41) is 32.3. The van der Waals surface area contributed by atoms with Crippen LogP contribution in [0, 0.1) is 0 Å². The Labute approximate surface area is 97.7 Å². The molecule has 92 valence electrons. The first-order valence-electron chi connectivity index (χ1n) is 5.28. The number of nitrogens with zero attached hydrogens (tertiary/aromatic N) is 1. The van der Waals surface area contributed by atoms with Crippen LogP contribution in [0.15, 0.2) is 4.99 Å². The van der Waals surface area contributed by atoms with E-state index >= 15 is 0 Å². The first kappa shape index (κ1) is 12.1. The molecule has 0 unspecified atom stereocenters. The van der Waals surface area contributed by atoms with Crippen LogP contribution in [0.1, 0.15) is 6.92 Å². The fraction of sp³-hybridized carbons (Fsp3) is 0.889. The molecule has 4 N–H and O–H groups in total. The van der Waals surface area contributed by atoms with Crippen molar-refractivity contribution in [3.05, 3.63) is 0 Å². The number of nitrogens with one attached hydrogen (secondary N) is 1. The monoisotopic (exact) mass is 248 g/mol. The van der Waals surface area contributed by atoms with Gasteiger partial charge in [0.1, 0.15) is 29.8 Å². The summed E-state index contributed by atoms with van der Waals surface area (Å²) < 4.78 is 5.47. The lowest BCUT2D eigenvalue weighted by molar-refractivity contribution is -0.164. The standard InChI is InChI=1S/C9H16N2O4S/c1-2-10-9-11-5-7(14)6(13)4(3-12)15-8(5)16-9/h4-8,12-14H,2-3H2,1H3,(H,10,11)/t4-,5-,6+,7+,8-/m1/s1. The lowest BCUT2D eigenvalue weighted by atomic mass is 9.99. The van der Waals surface area contributed by atoms with Crippen LogP contribution in [0.2, 0.25) is 0 Å². The van der Waals surface area contributed by atoms with Crippen molar-refractivity contribution in [1.82, 2.24) is 5.32 Å². The number of amidine groups is 1. The van der Waals surface area contributed by atoms with Crippen LogP contribution >= 0.6 is 11.8 Å². The smallest absolute Gasteiger partial charge is 0.159 e. The number of rotatable bonds is 2. The highest BCUT2D eigenvalue weighted by molar-refractivity contribution is 8.14. The summed E-state index contributed by atoms with van der Waals surface area (Å²) in [6.45, 7) is 2.39. The zero-order chi connectivity index (χ0) is 11.7. The highest BCUT2D eigenvalue weighted by atomic mass is 32.2. The van der Waals surface area contributed by atoms with Gasteiger partial charge in [-0.05, 0) is 6.92 Å². The minimum atomic E-state index is -1.09. The molecule has 0 aromatic heterocycles. The van der Waals surface area contributed by atoms with Crippen LogP contribution in [0.25, 0.3) is 0 Å². The molecule has 2 aliphatic rings. The van der Waals surface area contributed by atoms with Crippen molar-refractivity contribution in [1.29, 1.82) is 0 Å². The van der Waals surface area contributed by atoms with Crippen LogP contribution in [-0.2, 0) is 4.74 Å². The maximum atomic E-state index is 9.85. The Kier molecular flexibility index (Phi) is 3.70. The SMILES string of the molecule is CCNC1=N[C@@H]2[C@H](O)[C@@H](O)[C@@H](CO)O[C@@H]2S1. The maximum Gasteiger partial charge on any atom is 0.159 e. The summed E-state index contributed by atoms with van der Waals surface area (Å²) in [7, 11) is 0. The Morgan fingerprint density at radius 3 is 2.81 bits per heavy atom. The first-order valence-corrected chi connectivity index (χ1v) is 6.16. The highest BCUT2D eigenvalue weighted by Crippen LogP contribution is 2.35. The number of thioether (sulfide) groups is 1. The van der Waals surface area contributed by atoms with Gasteiger partial charge >= 0.3 is 0 Å². The Bertz CT molecular complexity index is 289. The molecule has 0 radical (unpaired) electrons. The van der Waals surface area contributed by atoms with Crippen molar-refractivity contribution in [2.45, 2.75) is 36.7 Å². The van der Waals surface area contributed by atoms with E-state index in [1.807, 2.05) is 6.92 Å². The number of aliphatic hydroxyl groups excluding tert-OH is 3. The van der Waals surface area contributed by atoms with E-state index in [1.54, 1.807) is 0 Å². The molecule has 0 bridgehead atoms. The molecule has 0 saturated carbocycles. The number of aliphatic hydroxyl groups is 3. The zero-order valence-corrected chi connectivity index (χ0v) is 9.72. The summed E-state index contributed by atoms with van der Waals surface area (Å²) in [5.74, 6) is 0. The fourth-order valence-electron chi connectivity index (χ4n) is 1.82. The topological polar surface area (TPSA) is 94.3 Å². The molecule has 2 rings (SSSR count). The van der Waals surface area contributed by atoms with Gasteiger partial charge in [-0.1, -0.05) is 11.8 Å². The molecule has 0 spiro atoms. The number of hydrogen-bond donors (Lipinski definition) is 4. The minimum Gasteiger partial charge on any atom is -0.394 e. The molecule has 0 aromatic carbocycles. The van der Waals surface area contributed by atoms with E-state index < -0.39 is 24.4 Å². The van der Waals surface area contributed by atoms with Gasteiger partial charge in [-0.25, -0.2) is 0 Å². The number of aliphatic imine (C=N–C) groups is 1. The molecule has 0 aromatic rings. The molecule has 6 nitrogen and oxygen atoms in total. The minimum absolute atomic E-state index is 0.307. The van der Waals surface area contributed by atoms with Crippen molar-refractivity contribution in [3.63, 3.8) is 0 Å². The average molecular weight is 248 g/mol. The molecular formula is C9H16N2O4S. The number of hydrogen-bond acceptors (Lipinski definition) is 7. The van der Waals surface area contributed by atoms with Crippen LogP contribution < -0.4 is 5.32 Å². The van der Waals surface area contributed by atoms with Gasteiger partial charge in [0.25, 0.3) is 0 Å². The third kappa shape index (κ3) is 2.05. The van der Waals surface area contributed by atoms with Gasteiger partial charge in [0, 0.05) is 6.54 Å². The van der Waals surface area contributed by atoms with Crippen molar-refractivity contribution in [3.8, 4) is 0 Å². The predicted octanol–water partition coefficient (Wildman–Crippen LogP) is -1.49. The van der Waals surface area contributed by atoms with Crippen molar-refractivity contribution in [2.75, 3.05) is 13.2 Å². The Morgan fingerprint density at radius 2 is 2.19 bits per heavy atom. The lowest BCUT2D eigenvalue weighted by Gasteiger charge is -2.37. The largest absolute Gasteiger partial charge is 0.394 e. The molecular weight excluding hydrogens is 232 g/mol. The van der Waals surface area contributed by atoms with E-state index in [0.717, 1.165) is 6.54 Å². The lowest BCUT2D eigenvalue weighted by Crippen LogP contribution is -2.55. The van der Waals surface area contributed by atoms with Crippen LogP contribution in [0.4, 0.5) is 0 Å². The Morgan fingerprint density at radius 1 is 1.44 bits per heavy atom. The first-order chi connectivity index (χ1) is 7.67. The van der Waals surface area contributed by atoms with Crippen LogP contribution in [0.3, 0.4) is 0 Å². The molecule has 2 aliphatic heterocycles. The van der Waals surface area contributed by atoms with Gasteiger partial charge in [-0.15, -0.1) is 0 Å². The van der Waals surface area contributed by atoms with Crippen LogP contribution in [-0.4, -0.2) is 63.4 Å². The van der Waals surface area contributed by atoms with Crippen molar-refractivity contribution >= 4 is 16.9 Å². The molecule has 7 heteroatoms. The summed E-state index contributed by atoms with van der Waals surface area (Å²) in [6.07, 6.45) is -2.81. The van der Waals surface area contributed by atoms with Gasteiger partial charge in [0.05, 0.1) is 6.61 Å². The highest BCUT2D eigenvalue weighted by Gasteiger charge is 2.47. The molecule has 5 atom stereocenters. The van der Waals surface area contributed by atoms with E-state index in [1.165, 1.54) is 11.8 Å². The van der Waals surface area contributed by atoms with E-state index in [4.69, 9.17) is 9.84 Å². The van der Waals surface area contributed by atoms with E-state index in [9.17, 15) is 10.2 Å². The average Bonchev–Trinajstić information content (AvgIpc) is 2.67. The molecule has 0 aliphatic carbocycles. The summed E-state index contributed by atoms with van der Waals surface area (Å²) in [6, 6.07) is -0.461. The van der Waals surface area contributed by atoms with E-state index in [0.29, 0.717) is 5.17 Å². The van der Waals surface area contributed by atoms with E-state index in [-0.39, 0.29) is 12.0 Å². The Hall–Kier alpha value is -0.340. The van der Waals surface area contributed by atoms with Gasteiger partial charge in [0.15, 0.2) is 5.17 Å². The second kappa shape index (κ2) is 4.89.